The molecule has 1 aliphatic carbocycles. The van der Waals surface area contributed by atoms with Crippen LogP contribution >= 0.6 is 0 Å². The van der Waals surface area contributed by atoms with Gasteiger partial charge in [-0.25, -0.2) is 4.79 Å². The highest BCUT2D eigenvalue weighted by Gasteiger charge is 2.38. The van der Waals surface area contributed by atoms with Gasteiger partial charge >= 0.3 is 6.09 Å². The lowest BCUT2D eigenvalue weighted by molar-refractivity contribution is -0.142. The van der Waals surface area contributed by atoms with E-state index in [2.05, 4.69) is 0 Å². The van der Waals surface area contributed by atoms with Gasteiger partial charge in [0.2, 0.25) is 5.91 Å². The van der Waals surface area contributed by atoms with Gasteiger partial charge in [-0.1, -0.05) is 12.8 Å². The number of nitrogens with zero attached hydrogens (tertiary/aromatic N) is 2. The third-order valence-electron chi connectivity index (χ3n) is 3.94. The molecule has 1 heterocycles. The van der Waals surface area contributed by atoms with E-state index < -0.39 is 5.60 Å². The zero-order valence-corrected chi connectivity index (χ0v) is 13.0. The average molecular weight is 282 g/mol. The second kappa shape index (κ2) is 5.62. The summed E-state index contributed by atoms with van der Waals surface area (Å²) in [6.07, 6.45) is 4.22. The lowest BCUT2D eigenvalue weighted by Crippen LogP contribution is -2.59. The van der Waals surface area contributed by atoms with Gasteiger partial charge in [0, 0.05) is 18.6 Å². The van der Waals surface area contributed by atoms with Gasteiger partial charge in [-0.05, 0) is 40.5 Å². The van der Waals surface area contributed by atoms with Crippen molar-refractivity contribution in [2.24, 2.45) is 0 Å². The third kappa shape index (κ3) is 3.44. The van der Waals surface area contributed by atoms with Gasteiger partial charge in [0.25, 0.3) is 0 Å². The number of hydrogen-bond acceptors (Lipinski definition) is 3. The summed E-state index contributed by atoms with van der Waals surface area (Å²) in [6.45, 7) is 8.25. The lowest BCUT2D eigenvalue weighted by Gasteiger charge is -2.42. The summed E-state index contributed by atoms with van der Waals surface area (Å²) in [4.78, 5) is 27.9. The second-order valence-electron chi connectivity index (χ2n) is 6.95. The molecule has 0 aromatic heterocycles. The van der Waals surface area contributed by atoms with E-state index in [-0.39, 0.29) is 24.6 Å². The van der Waals surface area contributed by atoms with Crippen LogP contribution in [0.5, 0.6) is 0 Å². The van der Waals surface area contributed by atoms with E-state index in [4.69, 9.17) is 4.74 Å². The molecule has 2 aliphatic rings. The van der Waals surface area contributed by atoms with E-state index in [1.807, 2.05) is 32.6 Å². The molecule has 0 bridgehead atoms. The number of ether oxygens (including phenoxy) is 1. The highest BCUT2D eigenvalue weighted by atomic mass is 16.6. The van der Waals surface area contributed by atoms with E-state index in [0.29, 0.717) is 12.6 Å². The van der Waals surface area contributed by atoms with E-state index >= 15 is 0 Å². The molecule has 2 rings (SSSR count). The van der Waals surface area contributed by atoms with Gasteiger partial charge in [0.1, 0.15) is 12.1 Å². The van der Waals surface area contributed by atoms with E-state index in [9.17, 15) is 9.59 Å². The van der Waals surface area contributed by atoms with E-state index in [1.54, 1.807) is 0 Å². The molecule has 1 saturated carbocycles. The van der Waals surface area contributed by atoms with Crippen LogP contribution < -0.4 is 0 Å². The molecule has 114 valence electrons. The second-order valence-corrected chi connectivity index (χ2v) is 6.95. The summed E-state index contributed by atoms with van der Waals surface area (Å²) >= 11 is 0. The topological polar surface area (TPSA) is 49.9 Å². The van der Waals surface area contributed by atoms with Gasteiger partial charge in [-0.15, -0.1) is 0 Å². The van der Waals surface area contributed by atoms with E-state index in [1.165, 1.54) is 17.7 Å². The Morgan fingerprint density at radius 1 is 1.25 bits per heavy atom. The molecule has 2 fully saturated rings. The van der Waals surface area contributed by atoms with Crippen LogP contribution in [0.1, 0.15) is 53.4 Å². The molecule has 0 unspecified atom stereocenters. The minimum Gasteiger partial charge on any atom is -0.444 e. The molecule has 0 aromatic rings. The van der Waals surface area contributed by atoms with Crippen molar-refractivity contribution in [2.75, 3.05) is 13.1 Å². The van der Waals surface area contributed by atoms with E-state index in [0.717, 1.165) is 12.8 Å². The number of carbonyl (C=O) groups excluding carboxylic acids is 2. The van der Waals surface area contributed by atoms with Gasteiger partial charge in [-0.3, -0.25) is 9.69 Å². The molecule has 0 N–H and O–H groups in total. The highest BCUT2D eigenvalue weighted by molar-refractivity contribution is 5.84. The molecule has 5 nitrogen and oxygen atoms in total. The molecule has 1 aliphatic heterocycles. The van der Waals surface area contributed by atoms with Crippen molar-refractivity contribution in [1.82, 2.24) is 9.80 Å². The molecule has 20 heavy (non-hydrogen) atoms. The van der Waals surface area contributed by atoms with Crippen LogP contribution in [0.15, 0.2) is 0 Å². The Morgan fingerprint density at radius 2 is 1.85 bits per heavy atom. The predicted molar refractivity (Wildman–Crippen MR) is 76.4 cm³/mol. The summed E-state index contributed by atoms with van der Waals surface area (Å²) < 4.78 is 5.35. The number of hydrogen-bond donors (Lipinski definition) is 0. The Hall–Kier alpha value is -1.26. The number of piperazine rings is 1. The third-order valence-corrected chi connectivity index (χ3v) is 3.94. The largest absolute Gasteiger partial charge is 0.444 e. The molecule has 0 radical (unpaired) electrons. The van der Waals surface area contributed by atoms with Gasteiger partial charge in [-0.2, -0.15) is 0 Å². The van der Waals surface area contributed by atoms with Crippen molar-refractivity contribution in [1.29, 1.82) is 0 Å². The smallest absolute Gasteiger partial charge is 0.410 e. The Bertz CT molecular complexity index is 383. The van der Waals surface area contributed by atoms with Crippen molar-refractivity contribution < 1.29 is 14.3 Å². The Balaban J connectivity index is 1.98. The zero-order chi connectivity index (χ0) is 14.9. The van der Waals surface area contributed by atoms with Crippen molar-refractivity contribution in [3.05, 3.63) is 0 Å². The minimum atomic E-state index is -0.522. The summed E-state index contributed by atoms with van der Waals surface area (Å²) in [5.41, 5.74) is -0.522. The molecular weight excluding hydrogens is 256 g/mol. The van der Waals surface area contributed by atoms with Crippen LogP contribution in [-0.4, -0.2) is 52.6 Å². The minimum absolute atomic E-state index is 0.0570. The van der Waals surface area contributed by atoms with Crippen LogP contribution in [0.25, 0.3) is 0 Å². The number of rotatable bonds is 1. The van der Waals surface area contributed by atoms with Crippen molar-refractivity contribution in [3.8, 4) is 0 Å². The standard InChI is InChI=1S/C15H26N2O3/c1-11-9-16(14(19)20-15(2,3)4)10-13(18)17(11)12-7-5-6-8-12/h11-12H,5-10H2,1-4H3/t11-/m1/s1. The maximum atomic E-state index is 12.3. The quantitative estimate of drug-likeness (QED) is 0.742. The molecule has 2 amide bonds. The SMILES string of the molecule is C[C@@H]1CN(C(=O)OC(C)(C)C)CC(=O)N1C1CCCC1. The van der Waals surface area contributed by atoms with Crippen molar-refractivity contribution in [2.45, 2.75) is 71.1 Å². The number of amides is 2. The Kier molecular flexibility index (Phi) is 4.25. The average Bonchev–Trinajstić information content (AvgIpc) is 2.79. The van der Waals surface area contributed by atoms with Crippen LogP contribution in [0.4, 0.5) is 4.79 Å². The molecular formula is C15H26N2O3. The van der Waals surface area contributed by atoms with Crippen LogP contribution in [0.3, 0.4) is 0 Å². The molecule has 1 saturated heterocycles. The molecule has 1 atom stereocenters. The Labute approximate surface area is 121 Å². The fourth-order valence-corrected chi connectivity index (χ4v) is 3.17. The monoisotopic (exact) mass is 282 g/mol. The predicted octanol–water partition coefficient (Wildman–Crippen LogP) is 2.40. The lowest BCUT2D eigenvalue weighted by atomic mass is 10.1. The zero-order valence-electron chi connectivity index (χ0n) is 13.0. The first kappa shape index (κ1) is 15.1. The first-order chi connectivity index (χ1) is 9.28. The van der Waals surface area contributed by atoms with Crippen LogP contribution in [-0.2, 0) is 9.53 Å². The molecule has 0 aromatic carbocycles. The van der Waals surface area contributed by atoms with Crippen LogP contribution in [0, 0.1) is 0 Å². The van der Waals surface area contributed by atoms with Gasteiger partial charge in [0.15, 0.2) is 0 Å². The summed E-state index contributed by atoms with van der Waals surface area (Å²) in [5, 5.41) is 0. The van der Waals surface area contributed by atoms with Gasteiger partial charge < -0.3 is 9.64 Å². The summed E-state index contributed by atoms with van der Waals surface area (Å²) in [5.74, 6) is 0.0570. The highest BCUT2D eigenvalue weighted by Crippen LogP contribution is 2.27. The van der Waals surface area contributed by atoms with Crippen molar-refractivity contribution in [3.63, 3.8) is 0 Å². The summed E-state index contributed by atoms with van der Waals surface area (Å²) in [7, 11) is 0. The molecule has 0 spiro atoms. The fraction of sp³-hybridized carbons (Fsp3) is 0.867. The first-order valence-electron chi connectivity index (χ1n) is 7.57. The maximum absolute atomic E-state index is 12.3. The van der Waals surface area contributed by atoms with Gasteiger partial charge in [0.05, 0.1) is 0 Å². The van der Waals surface area contributed by atoms with Crippen molar-refractivity contribution >= 4 is 12.0 Å². The number of carbonyl (C=O) groups is 2. The maximum Gasteiger partial charge on any atom is 0.410 e. The summed E-state index contributed by atoms with van der Waals surface area (Å²) in [6, 6.07) is 0.449. The Morgan fingerprint density at radius 3 is 2.35 bits per heavy atom. The fourth-order valence-electron chi connectivity index (χ4n) is 3.17. The van der Waals surface area contributed by atoms with Crippen LogP contribution in [0.2, 0.25) is 0 Å². The first-order valence-corrected chi connectivity index (χ1v) is 7.57. The molecule has 5 heteroatoms. The normalized spacial score (nSPS) is 25.2.